The molecule has 1 aliphatic heterocycles. The monoisotopic (exact) mass is 463 g/mol. The first kappa shape index (κ1) is 20.9. The number of rotatable bonds is 7. The van der Waals surface area contributed by atoms with Gasteiger partial charge in [-0.25, -0.2) is 4.98 Å². The van der Waals surface area contributed by atoms with Crippen LogP contribution in [0.25, 0.3) is 10.2 Å². The molecule has 0 amide bonds. The first-order chi connectivity index (χ1) is 15.7. The van der Waals surface area contributed by atoms with Crippen molar-refractivity contribution in [3.63, 3.8) is 0 Å². The lowest BCUT2D eigenvalue weighted by molar-refractivity contribution is 0.416. The predicted octanol–water partition coefficient (Wildman–Crippen LogP) is 5.77. The van der Waals surface area contributed by atoms with Crippen molar-refractivity contribution in [1.29, 1.82) is 0 Å². The normalized spacial score (nSPS) is 12.8. The fourth-order valence-electron chi connectivity index (χ4n) is 4.03. The molecule has 5 rings (SSSR count). The summed E-state index contributed by atoms with van der Waals surface area (Å²) in [6.45, 7) is 1.72. The number of thioether (sulfide) groups is 1. The maximum Gasteiger partial charge on any atom is 0.229 e. The summed E-state index contributed by atoms with van der Waals surface area (Å²) < 4.78 is 6.71. The largest absolute Gasteiger partial charge is 0.495 e. The van der Waals surface area contributed by atoms with Crippen LogP contribution in [0.3, 0.4) is 0 Å². The molecular formula is C24H25N5OS2. The lowest BCUT2D eigenvalue weighted by Crippen LogP contribution is -2.12. The number of benzene rings is 2. The molecule has 2 N–H and O–H groups in total. The van der Waals surface area contributed by atoms with Crippen molar-refractivity contribution in [2.24, 2.45) is 0 Å². The highest BCUT2D eigenvalue weighted by Gasteiger charge is 2.20. The molecule has 0 saturated carbocycles. The summed E-state index contributed by atoms with van der Waals surface area (Å²) in [7, 11) is 3.81. The van der Waals surface area contributed by atoms with E-state index in [0.29, 0.717) is 12.5 Å². The molecule has 0 saturated heterocycles. The molecular weight excluding hydrogens is 438 g/mol. The zero-order chi connectivity index (χ0) is 22.1. The van der Waals surface area contributed by atoms with Crippen molar-refractivity contribution in [2.75, 3.05) is 42.5 Å². The first-order valence-corrected chi connectivity index (χ1v) is 12.6. The van der Waals surface area contributed by atoms with E-state index in [9.17, 15) is 0 Å². The average Bonchev–Trinajstić information content (AvgIpc) is 3.43. The van der Waals surface area contributed by atoms with E-state index < -0.39 is 0 Å². The van der Waals surface area contributed by atoms with Crippen LogP contribution in [0.5, 0.6) is 5.75 Å². The van der Waals surface area contributed by atoms with Crippen LogP contribution < -0.4 is 20.3 Å². The van der Waals surface area contributed by atoms with E-state index >= 15 is 0 Å². The molecule has 2 aromatic heterocycles. The van der Waals surface area contributed by atoms with Gasteiger partial charge in [0.15, 0.2) is 0 Å². The van der Waals surface area contributed by atoms with E-state index in [4.69, 9.17) is 14.7 Å². The fourth-order valence-corrected chi connectivity index (χ4v) is 5.44. The molecule has 6 nitrogen and oxygen atoms in total. The molecule has 4 aromatic rings. The van der Waals surface area contributed by atoms with Gasteiger partial charge in [0.05, 0.1) is 23.0 Å². The van der Waals surface area contributed by atoms with Gasteiger partial charge in [0.2, 0.25) is 5.95 Å². The van der Waals surface area contributed by atoms with Crippen LogP contribution in [-0.4, -0.2) is 36.9 Å². The molecule has 0 fully saturated rings. The highest BCUT2D eigenvalue weighted by molar-refractivity contribution is 7.98. The van der Waals surface area contributed by atoms with E-state index in [1.165, 1.54) is 21.7 Å². The zero-order valence-electron chi connectivity index (χ0n) is 18.3. The predicted molar refractivity (Wildman–Crippen MR) is 136 cm³/mol. The highest BCUT2D eigenvalue weighted by atomic mass is 32.2. The summed E-state index contributed by atoms with van der Waals surface area (Å²) in [5.74, 6) is 2.19. The van der Waals surface area contributed by atoms with Gasteiger partial charge >= 0.3 is 0 Å². The van der Waals surface area contributed by atoms with Crippen LogP contribution >= 0.6 is 23.1 Å². The van der Waals surface area contributed by atoms with E-state index in [2.05, 4.69) is 70.6 Å². The number of thiophene rings is 1. The second-order valence-corrected chi connectivity index (χ2v) is 9.44. The number of anilines is 4. The van der Waals surface area contributed by atoms with E-state index in [0.717, 1.165) is 40.4 Å². The molecule has 164 valence electrons. The molecule has 0 atom stereocenters. The Labute approximate surface area is 196 Å². The number of hydrogen-bond donors (Lipinski definition) is 2. The summed E-state index contributed by atoms with van der Waals surface area (Å²) in [6.07, 6.45) is 3.13. The van der Waals surface area contributed by atoms with Gasteiger partial charge in [-0.15, -0.1) is 23.1 Å². The number of methoxy groups -OCH3 is 1. The van der Waals surface area contributed by atoms with Gasteiger partial charge in [0.25, 0.3) is 0 Å². The van der Waals surface area contributed by atoms with E-state index in [1.807, 2.05) is 6.07 Å². The smallest absolute Gasteiger partial charge is 0.229 e. The Morgan fingerprint density at radius 1 is 1.19 bits per heavy atom. The van der Waals surface area contributed by atoms with Gasteiger partial charge in [-0.3, -0.25) is 0 Å². The quantitative estimate of drug-likeness (QED) is 0.337. The summed E-state index contributed by atoms with van der Waals surface area (Å²) in [5, 5.41) is 8.99. The summed E-state index contributed by atoms with van der Waals surface area (Å²) in [5.41, 5.74) is 5.57. The van der Waals surface area contributed by atoms with Crippen LogP contribution in [0, 0.1) is 0 Å². The number of ether oxygens (including phenoxy) is 1. The maximum atomic E-state index is 5.66. The highest BCUT2D eigenvalue weighted by Crippen LogP contribution is 2.38. The minimum Gasteiger partial charge on any atom is -0.495 e. The van der Waals surface area contributed by atoms with Gasteiger partial charge in [-0.2, -0.15) is 4.98 Å². The van der Waals surface area contributed by atoms with Gasteiger partial charge < -0.3 is 20.3 Å². The molecule has 0 unspecified atom stereocenters. The molecule has 2 aromatic carbocycles. The van der Waals surface area contributed by atoms with Crippen molar-refractivity contribution in [1.82, 2.24) is 9.97 Å². The second kappa shape index (κ2) is 8.88. The van der Waals surface area contributed by atoms with Crippen LogP contribution in [0.4, 0.5) is 23.1 Å². The number of fused-ring (bicyclic) bond motifs is 2. The van der Waals surface area contributed by atoms with Crippen LogP contribution in [0.1, 0.15) is 11.1 Å². The zero-order valence-corrected chi connectivity index (χ0v) is 19.9. The fraction of sp³-hybridized carbons (Fsp3) is 0.250. The van der Waals surface area contributed by atoms with Gasteiger partial charge in [-0.1, -0.05) is 18.2 Å². The number of aromatic nitrogens is 2. The maximum absolute atomic E-state index is 5.66. The number of likely N-dealkylation sites (N-methyl/N-ethyl adjacent to an activating group) is 1. The van der Waals surface area contributed by atoms with E-state index in [-0.39, 0.29) is 0 Å². The lowest BCUT2D eigenvalue weighted by Gasteiger charge is -2.17. The lowest BCUT2D eigenvalue weighted by atomic mass is 10.1. The third-order valence-electron chi connectivity index (χ3n) is 5.72. The van der Waals surface area contributed by atoms with Crippen LogP contribution in [-0.2, 0) is 13.0 Å². The number of nitrogens with one attached hydrogen (secondary N) is 2. The number of nitrogens with zero attached hydrogens (tertiary/aromatic N) is 3. The van der Waals surface area contributed by atoms with Crippen LogP contribution in [0.15, 0.2) is 52.7 Å². The third-order valence-corrected chi connectivity index (χ3v) is 7.47. The molecule has 1 aliphatic rings. The van der Waals surface area contributed by atoms with Crippen molar-refractivity contribution in [3.05, 3.63) is 59.0 Å². The SMILES string of the molecule is COc1cc2c(cc1Nc1nc(NCc3ccccc3SC)c3sccc3n1)N(C)CC2. The second-order valence-electron chi connectivity index (χ2n) is 7.67. The minimum absolute atomic E-state index is 0.551. The van der Waals surface area contributed by atoms with Gasteiger partial charge in [0.1, 0.15) is 11.6 Å². The Hall–Kier alpha value is -2.97. The standard InChI is InChI=1S/C24H25N5OS2/c1-29-10-8-15-12-20(30-2)18(13-19(15)29)27-24-26-17-9-11-32-22(17)23(28-24)25-14-16-6-4-5-7-21(16)31-3/h4-7,9,11-13H,8,10,14H2,1-3H3,(H2,25,26,27,28). The first-order valence-electron chi connectivity index (χ1n) is 10.5. The molecule has 32 heavy (non-hydrogen) atoms. The van der Waals surface area contributed by atoms with Crippen molar-refractivity contribution in [2.45, 2.75) is 17.9 Å². The molecule has 8 heteroatoms. The summed E-state index contributed by atoms with van der Waals surface area (Å²) >= 11 is 3.40. The average molecular weight is 464 g/mol. The van der Waals surface area contributed by atoms with E-state index in [1.54, 1.807) is 30.2 Å². The molecule has 0 radical (unpaired) electrons. The number of hydrogen-bond acceptors (Lipinski definition) is 8. The molecule has 3 heterocycles. The van der Waals surface area contributed by atoms with Crippen molar-refractivity contribution >= 4 is 56.5 Å². The third kappa shape index (κ3) is 3.96. The van der Waals surface area contributed by atoms with Gasteiger partial charge in [0, 0.05) is 30.7 Å². The summed E-state index contributed by atoms with van der Waals surface area (Å²) in [6, 6.07) is 14.7. The van der Waals surface area contributed by atoms with Crippen LogP contribution in [0.2, 0.25) is 0 Å². The Morgan fingerprint density at radius 3 is 2.91 bits per heavy atom. The Balaban J connectivity index is 1.47. The Kier molecular flexibility index (Phi) is 5.80. The molecule has 0 aliphatic carbocycles. The van der Waals surface area contributed by atoms with Crippen molar-refractivity contribution < 1.29 is 4.74 Å². The topological polar surface area (TPSA) is 62.3 Å². The van der Waals surface area contributed by atoms with Crippen molar-refractivity contribution in [3.8, 4) is 5.75 Å². The molecule has 0 spiro atoms. The summed E-state index contributed by atoms with van der Waals surface area (Å²) in [4.78, 5) is 13.1. The molecule has 0 bridgehead atoms. The van der Waals surface area contributed by atoms with Gasteiger partial charge in [-0.05, 0) is 53.4 Å². The Bertz CT molecular complexity index is 1270. The Morgan fingerprint density at radius 2 is 2.06 bits per heavy atom. The minimum atomic E-state index is 0.551.